The van der Waals surface area contributed by atoms with E-state index in [4.69, 9.17) is 18.7 Å². The zero-order valence-corrected chi connectivity index (χ0v) is 15.4. The molecule has 4 rings (SSSR count). The molecule has 0 saturated carbocycles. The number of nitrogens with zero attached hydrogens (tertiary/aromatic N) is 3. The summed E-state index contributed by atoms with van der Waals surface area (Å²) in [4.78, 5) is 28.9. The summed E-state index contributed by atoms with van der Waals surface area (Å²) in [6.45, 7) is 3.76. The minimum Gasteiger partial charge on any atom is -0.465 e. The molecule has 0 saturated heterocycles. The zero-order valence-electron chi connectivity index (χ0n) is 14.6. The van der Waals surface area contributed by atoms with E-state index in [1.807, 2.05) is 0 Å². The number of carbonyl (C=O) groups excluding carboxylic acids is 2. The average Bonchev–Trinajstić information content (AvgIpc) is 3.33. The van der Waals surface area contributed by atoms with Gasteiger partial charge in [-0.3, -0.25) is 9.59 Å². The largest absolute Gasteiger partial charge is 0.465 e. The highest BCUT2D eigenvalue weighted by Crippen LogP contribution is 2.37. The lowest BCUT2D eigenvalue weighted by Gasteiger charge is -2.05. The summed E-state index contributed by atoms with van der Waals surface area (Å²) in [6, 6.07) is 5.06. The maximum atomic E-state index is 12.4. The lowest BCUT2D eigenvalue weighted by Crippen LogP contribution is -2.23. The lowest BCUT2D eigenvalue weighted by atomic mass is 10.3. The summed E-state index contributed by atoms with van der Waals surface area (Å²) >= 11 is 1.25. The molecule has 1 amide bonds. The molecular formula is C17H15N3O6S. The van der Waals surface area contributed by atoms with Gasteiger partial charge in [0.1, 0.15) is 6.54 Å². The van der Waals surface area contributed by atoms with Crippen LogP contribution in [0, 0.1) is 6.92 Å². The van der Waals surface area contributed by atoms with Crippen molar-refractivity contribution in [3.05, 3.63) is 34.5 Å². The smallest absolute Gasteiger partial charge is 0.326 e. The van der Waals surface area contributed by atoms with E-state index in [0.717, 1.165) is 4.70 Å². The number of hydrogen-bond acceptors (Lipinski definition) is 8. The monoisotopic (exact) mass is 389 g/mol. The Morgan fingerprint density at radius 2 is 2.07 bits per heavy atom. The van der Waals surface area contributed by atoms with E-state index in [9.17, 15) is 9.59 Å². The Balaban J connectivity index is 1.84. The summed E-state index contributed by atoms with van der Waals surface area (Å²) in [6.07, 6.45) is 0. The highest BCUT2D eigenvalue weighted by molar-refractivity contribution is 7.16. The standard InChI is InChI=1S/C17H15N3O6S/c1-3-23-15(21)7-20-10-5-11-12(25-8-24-11)6-14(10)27-17(20)18-16(22)13-4-9(2)19-26-13/h4-6H,3,7-8H2,1-2H3. The predicted molar refractivity (Wildman–Crippen MR) is 93.7 cm³/mol. The van der Waals surface area contributed by atoms with Crippen molar-refractivity contribution >= 4 is 33.4 Å². The van der Waals surface area contributed by atoms with Crippen molar-refractivity contribution in [3.63, 3.8) is 0 Å². The molecule has 1 aliphatic rings. The number of amides is 1. The maximum Gasteiger partial charge on any atom is 0.326 e. The van der Waals surface area contributed by atoms with Crippen molar-refractivity contribution in [2.75, 3.05) is 13.4 Å². The van der Waals surface area contributed by atoms with Crippen LogP contribution in [0.2, 0.25) is 0 Å². The molecule has 0 atom stereocenters. The molecule has 1 aliphatic heterocycles. The Bertz CT molecular complexity index is 1110. The Hall–Kier alpha value is -3.14. The van der Waals surface area contributed by atoms with Crippen molar-refractivity contribution < 1.29 is 28.3 Å². The lowest BCUT2D eigenvalue weighted by molar-refractivity contribution is -0.143. The molecule has 0 radical (unpaired) electrons. The minimum atomic E-state index is -0.584. The molecule has 0 N–H and O–H groups in total. The topological polar surface area (TPSA) is 105 Å². The number of hydrogen-bond donors (Lipinski definition) is 0. The zero-order chi connectivity index (χ0) is 19.0. The van der Waals surface area contributed by atoms with E-state index >= 15 is 0 Å². The fourth-order valence-electron chi connectivity index (χ4n) is 2.64. The quantitative estimate of drug-likeness (QED) is 0.629. The molecule has 0 unspecified atom stereocenters. The first-order chi connectivity index (χ1) is 13.0. The van der Waals surface area contributed by atoms with Crippen LogP contribution in [0.25, 0.3) is 10.2 Å². The molecule has 0 spiro atoms. The Morgan fingerprint density at radius 1 is 1.30 bits per heavy atom. The van der Waals surface area contributed by atoms with Gasteiger partial charge in [0.15, 0.2) is 16.3 Å². The van der Waals surface area contributed by atoms with E-state index in [-0.39, 0.29) is 25.7 Å². The SMILES string of the molecule is CCOC(=O)Cn1c(=NC(=O)c2cc(C)no2)sc2cc3c(cc21)OCO3. The number of thiazole rings is 1. The van der Waals surface area contributed by atoms with Crippen LogP contribution < -0.4 is 14.3 Å². The van der Waals surface area contributed by atoms with Gasteiger partial charge in [-0.15, -0.1) is 0 Å². The van der Waals surface area contributed by atoms with Crippen LogP contribution in [0.3, 0.4) is 0 Å². The molecule has 0 fully saturated rings. The summed E-state index contributed by atoms with van der Waals surface area (Å²) in [5.41, 5.74) is 1.27. The van der Waals surface area contributed by atoms with Crippen molar-refractivity contribution in [2.24, 2.45) is 4.99 Å². The number of fused-ring (bicyclic) bond motifs is 2. The fourth-order valence-corrected chi connectivity index (χ4v) is 3.68. The van der Waals surface area contributed by atoms with Gasteiger partial charge in [-0.2, -0.15) is 4.99 Å². The van der Waals surface area contributed by atoms with Gasteiger partial charge in [0.25, 0.3) is 0 Å². The van der Waals surface area contributed by atoms with E-state index < -0.39 is 11.9 Å². The Kier molecular flexibility index (Phi) is 4.40. The number of rotatable bonds is 4. The molecule has 1 aromatic carbocycles. The highest BCUT2D eigenvalue weighted by Gasteiger charge is 2.20. The van der Waals surface area contributed by atoms with E-state index in [1.54, 1.807) is 30.5 Å². The summed E-state index contributed by atoms with van der Waals surface area (Å²) in [5, 5.41) is 3.69. The Labute approximate surface area is 156 Å². The molecule has 9 nitrogen and oxygen atoms in total. The van der Waals surface area contributed by atoms with Gasteiger partial charge in [0, 0.05) is 18.2 Å². The third kappa shape index (κ3) is 3.31. The van der Waals surface area contributed by atoms with Crippen molar-refractivity contribution in [2.45, 2.75) is 20.4 Å². The van der Waals surface area contributed by atoms with Crippen molar-refractivity contribution in [1.82, 2.24) is 9.72 Å². The van der Waals surface area contributed by atoms with Crippen LogP contribution in [0.4, 0.5) is 0 Å². The molecule has 27 heavy (non-hydrogen) atoms. The van der Waals surface area contributed by atoms with Gasteiger partial charge in [-0.05, 0) is 13.8 Å². The molecule has 3 heterocycles. The average molecular weight is 389 g/mol. The predicted octanol–water partition coefficient (Wildman–Crippen LogP) is 2.03. The van der Waals surface area contributed by atoms with Gasteiger partial charge in [0.05, 0.1) is 22.5 Å². The second kappa shape index (κ2) is 6.88. The first kappa shape index (κ1) is 17.3. The molecule has 10 heteroatoms. The van der Waals surface area contributed by atoms with Crippen LogP contribution in [-0.2, 0) is 16.1 Å². The van der Waals surface area contributed by atoms with Crippen LogP contribution in [0.15, 0.2) is 27.7 Å². The van der Waals surface area contributed by atoms with Crippen LogP contribution >= 0.6 is 11.3 Å². The van der Waals surface area contributed by atoms with Crippen molar-refractivity contribution in [1.29, 1.82) is 0 Å². The first-order valence-electron chi connectivity index (χ1n) is 8.16. The number of aryl methyl sites for hydroxylation is 1. The van der Waals surface area contributed by atoms with Crippen LogP contribution in [-0.4, -0.2) is 35.0 Å². The molecule has 0 bridgehead atoms. The molecule has 0 aliphatic carbocycles. The normalized spacial score (nSPS) is 13.3. The minimum absolute atomic E-state index is 0.0294. The highest BCUT2D eigenvalue weighted by atomic mass is 32.1. The molecule has 3 aromatic rings. The van der Waals surface area contributed by atoms with E-state index in [0.29, 0.717) is 27.5 Å². The molecule has 140 valence electrons. The third-order valence-electron chi connectivity index (χ3n) is 3.81. The van der Waals surface area contributed by atoms with Gasteiger partial charge < -0.3 is 23.3 Å². The second-order valence-corrected chi connectivity index (χ2v) is 6.71. The van der Waals surface area contributed by atoms with Gasteiger partial charge >= 0.3 is 11.9 Å². The molecular weight excluding hydrogens is 374 g/mol. The maximum absolute atomic E-state index is 12.4. The van der Waals surface area contributed by atoms with Crippen molar-refractivity contribution in [3.8, 4) is 11.5 Å². The number of carbonyl (C=O) groups is 2. The summed E-state index contributed by atoms with van der Waals surface area (Å²) in [7, 11) is 0. The fraction of sp³-hybridized carbons (Fsp3) is 0.294. The van der Waals surface area contributed by atoms with E-state index in [2.05, 4.69) is 10.1 Å². The number of ether oxygens (including phenoxy) is 3. The summed E-state index contributed by atoms with van der Waals surface area (Å²) < 4.78 is 23.2. The number of benzene rings is 1. The van der Waals surface area contributed by atoms with Gasteiger partial charge in [-0.25, -0.2) is 0 Å². The summed E-state index contributed by atoms with van der Waals surface area (Å²) in [5.74, 6) is 0.193. The number of aromatic nitrogens is 2. The van der Waals surface area contributed by atoms with Crippen LogP contribution in [0.5, 0.6) is 11.5 Å². The van der Waals surface area contributed by atoms with Gasteiger partial charge in [0.2, 0.25) is 12.6 Å². The first-order valence-corrected chi connectivity index (χ1v) is 8.98. The third-order valence-corrected chi connectivity index (χ3v) is 4.85. The second-order valence-electron chi connectivity index (χ2n) is 5.70. The number of esters is 1. The van der Waals surface area contributed by atoms with E-state index in [1.165, 1.54) is 17.4 Å². The molecule has 2 aromatic heterocycles. The van der Waals surface area contributed by atoms with Crippen LogP contribution in [0.1, 0.15) is 23.2 Å². The van der Waals surface area contributed by atoms with Gasteiger partial charge in [-0.1, -0.05) is 16.5 Å². The Morgan fingerprint density at radius 3 is 2.78 bits per heavy atom.